The van der Waals surface area contributed by atoms with Gasteiger partial charge in [0.2, 0.25) is 0 Å². The van der Waals surface area contributed by atoms with Crippen LogP contribution < -0.4 is 5.73 Å². The molecule has 0 radical (unpaired) electrons. The summed E-state index contributed by atoms with van der Waals surface area (Å²) in [5.74, 6) is 1.62. The molecule has 3 heteroatoms. The molecule has 2 N–H and O–H groups in total. The lowest BCUT2D eigenvalue weighted by Crippen LogP contribution is -2.59. The second kappa shape index (κ2) is 4.60. The molecule has 2 atom stereocenters. The van der Waals surface area contributed by atoms with Gasteiger partial charge in [-0.2, -0.15) is 0 Å². The van der Waals surface area contributed by atoms with Crippen molar-refractivity contribution in [3.8, 4) is 0 Å². The van der Waals surface area contributed by atoms with Crippen LogP contribution in [0.15, 0.2) is 0 Å². The predicted molar refractivity (Wildman–Crippen MR) is 57.1 cm³/mol. The first-order valence-electron chi connectivity index (χ1n) is 5.89. The molecule has 0 amide bonds. The van der Waals surface area contributed by atoms with Crippen molar-refractivity contribution in [2.75, 3.05) is 32.8 Å². The zero-order valence-corrected chi connectivity index (χ0v) is 9.11. The van der Waals surface area contributed by atoms with Crippen molar-refractivity contribution in [3.63, 3.8) is 0 Å². The van der Waals surface area contributed by atoms with Crippen LogP contribution in [0.1, 0.15) is 19.8 Å². The molecule has 0 aromatic carbocycles. The second-order valence-corrected chi connectivity index (χ2v) is 4.58. The number of hydrogen-bond acceptors (Lipinski definition) is 3. The summed E-state index contributed by atoms with van der Waals surface area (Å²) in [6.07, 6.45) is 3.11. The van der Waals surface area contributed by atoms with E-state index >= 15 is 0 Å². The summed E-state index contributed by atoms with van der Waals surface area (Å²) in [4.78, 5) is 2.56. The maximum absolute atomic E-state index is 5.75. The average Bonchev–Trinajstić information content (AvgIpc) is 2.23. The maximum Gasteiger partial charge on any atom is 0.0655 e. The van der Waals surface area contributed by atoms with Crippen LogP contribution in [0.3, 0.4) is 0 Å². The first kappa shape index (κ1) is 10.4. The number of nitrogens with two attached hydrogens (primary N) is 1. The van der Waals surface area contributed by atoms with Gasteiger partial charge in [0.25, 0.3) is 0 Å². The highest BCUT2D eigenvalue weighted by molar-refractivity contribution is 4.98. The molecule has 82 valence electrons. The topological polar surface area (TPSA) is 38.5 Å². The molecule has 2 saturated heterocycles. The molecular formula is C11H22N2O. The largest absolute Gasteiger partial charge is 0.378 e. The molecule has 0 aromatic heterocycles. The van der Waals surface area contributed by atoms with Gasteiger partial charge in [-0.05, 0) is 44.7 Å². The van der Waals surface area contributed by atoms with E-state index in [9.17, 15) is 0 Å². The molecule has 14 heavy (non-hydrogen) atoms. The lowest BCUT2D eigenvalue weighted by atomic mass is 9.68. The van der Waals surface area contributed by atoms with E-state index in [0.717, 1.165) is 31.4 Å². The number of hydrogen-bond donors (Lipinski definition) is 1. The van der Waals surface area contributed by atoms with E-state index in [1.807, 2.05) is 0 Å². The zero-order chi connectivity index (χ0) is 9.97. The van der Waals surface area contributed by atoms with Gasteiger partial charge >= 0.3 is 0 Å². The third-order valence-electron chi connectivity index (χ3n) is 3.56. The van der Waals surface area contributed by atoms with E-state index in [4.69, 9.17) is 10.5 Å². The van der Waals surface area contributed by atoms with Gasteiger partial charge in [-0.25, -0.2) is 0 Å². The van der Waals surface area contributed by atoms with Gasteiger partial charge in [0.1, 0.15) is 0 Å². The van der Waals surface area contributed by atoms with E-state index in [0.29, 0.717) is 6.10 Å². The molecule has 3 rings (SSSR count). The van der Waals surface area contributed by atoms with E-state index in [2.05, 4.69) is 11.8 Å². The maximum atomic E-state index is 5.75. The van der Waals surface area contributed by atoms with Crippen molar-refractivity contribution in [3.05, 3.63) is 0 Å². The Morgan fingerprint density at radius 1 is 1.36 bits per heavy atom. The third-order valence-corrected chi connectivity index (χ3v) is 3.56. The summed E-state index contributed by atoms with van der Waals surface area (Å²) >= 11 is 0. The van der Waals surface area contributed by atoms with E-state index in [1.54, 1.807) is 0 Å². The summed E-state index contributed by atoms with van der Waals surface area (Å²) in [7, 11) is 0. The summed E-state index contributed by atoms with van der Waals surface area (Å²) in [5, 5.41) is 0. The van der Waals surface area contributed by atoms with Crippen LogP contribution in [0, 0.1) is 11.8 Å². The lowest BCUT2D eigenvalue weighted by Gasteiger charge is -2.53. The Labute approximate surface area is 86.6 Å². The van der Waals surface area contributed by atoms with Gasteiger partial charge in [-0.3, -0.25) is 0 Å². The first-order chi connectivity index (χ1) is 6.85. The quantitative estimate of drug-likeness (QED) is 0.706. The molecule has 2 bridgehead atoms. The molecular weight excluding hydrogens is 176 g/mol. The van der Waals surface area contributed by atoms with Gasteiger partial charge in [-0.1, -0.05) is 0 Å². The summed E-state index contributed by atoms with van der Waals surface area (Å²) in [5.41, 5.74) is 5.52. The van der Waals surface area contributed by atoms with Gasteiger partial charge in [0.15, 0.2) is 0 Å². The normalized spacial score (nSPS) is 36.9. The third kappa shape index (κ3) is 1.95. The minimum Gasteiger partial charge on any atom is -0.378 e. The van der Waals surface area contributed by atoms with E-state index < -0.39 is 0 Å². The van der Waals surface area contributed by atoms with Crippen molar-refractivity contribution < 1.29 is 4.74 Å². The number of fused-ring (bicyclic) bond motifs is 2. The standard InChI is InChI=1S/C11H22N2O/c1-2-14-11-9-6-10(11)8-13(7-9)5-3-4-12/h9-11H,2-8,12H2,1H3/t9-,10-/m0/s1. The molecule has 3 nitrogen and oxygen atoms in total. The zero-order valence-electron chi connectivity index (χ0n) is 9.11. The monoisotopic (exact) mass is 198 g/mol. The highest BCUT2D eigenvalue weighted by Crippen LogP contribution is 2.41. The second-order valence-electron chi connectivity index (χ2n) is 4.58. The molecule has 3 aliphatic rings. The minimum absolute atomic E-state index is 0.578. The van der Waals surface area contributed by atoms with Gasteiger partial charge in [0, 0.05) is 19.7 Å². The van der Waals surface area contributed by atoms with Crippen LogP contribution in [0.2, 0.25) is 0 Å². The van der Waals surface area contributed by atoms with Crippen molar-refractivity contribution >= 4 is 0 Å². The number of rotatable bonds is 5. The summed E-state index contributed by atoms with van der Waals surface area (Å²) < 4.78 is 5.75. The minimum atomic E-state index is 0.578. The van der Waals surface area contributed by atoms with Crippen LogP contribution in [-0.2, 0) is 4.74 Å². The molecule has 3 fully saturated rings. The fourth-order valence-corrected chi connectivity index (χ4v) is 2.90. The molecule has 0 spiro atoms. The van der Waals surface area contributed by atoms with Crippen molar-refractivity contribution in [1.29, 1.82) is 0 Å². The summed E-state index contributed by atoms with van der Waals surface area (Å²) in [6.45, 7) is 7.45. The molecule has 1 aliphatic carbocycles. The van der Waals surface area contributed by atoms with Crippen molar-refractivity contribution in [1.82, 2.24) is 4.90 Å². The lowest BCUT2D eigenvalue weighted by molar-refractivity contribution is -0.140. The summed E-state index contributed by atoms with van der Waals surface area (Å²) in [6, 6.07) is 0. The van der Waals surface area contributed by atoms with Crippen LogP contribution in [0.5, 0.6) is 0 Å². The van der Waals surface area contributed by atoms with E-state index in [1.165, 1.54) is 26.1 Å². The fraction of sp³-hybridized carbons (Fsp3) is 1.00. The van der Waals surface area contributed by atoms with E-state index in [-0.39, 0.29) is 0 Å². The Morgan fingerprint density at radius 3 is 2.64 bits per heavy atom. The van der Waals surface area contributed by atoms with Gasteiger partial charge in [-0.15, -0.1) is 0 Å². The van der Waals surface area contributed by atoms with Crippen LogP contribution in [0.4, 0.5) is 0 Å². The molecule has 0 unspecified atom stereocenters. The smallest absolute Gasteiger partial charge is 0.0655 e. The van der Waals surface area contributed by atoms with Crippen LogP contribution >= 0.6 is 0 Å². The Morgan fingerprint density at radius 2 is 2.07 bits per heavy atom. The molecule has 0 aromatic rings. The van der Waals surface area contributed by atoms with Crippen molar-refractivity contribution in [2.24, 2.45) is 17.6 Å². The Balaban J connectivity index is 1.74. The van der Waals surface area contributed by atoms with Crippen LogP contribution in [0.25, 0.3) is 0 Å². The Bertz CT molecular complexity index is 174. The number of nitrogens with zero attached hydrogens (tertiary/aromatic N) is 1. The molecule has 2 aliphatic heterocycles. The number of piperidine rings is 2. The van der Waals surface area contributed by atoms with Crippen molar-refractivity contribution in [2.45, 2.75) is 25.9 Å². The molecule has 1 saturated carbocycles. The average molecular weight is 198 g/mol. The highest BCUT2D eigenvalue weighted by atomic mass is 16.5. The fourth-order valence-electron chi connectivity index (χ4n) is 2.90. The predicted octanol–water partition coefficient (Wildman–Crippen LogP) is 0.692. The van der Waals surface area contributed by atoms with Gasteiger partial charge in [0.05, 0.1) is 6.10 Å². The first-order valence-corrected chi connectivity index (χ1v) is 5.89. The van der Waals surface area contributed by atoms with Crippen LogP contribution in [-0.4, -0.2) is 43.8 Å². The highest BCUT2D eigenvalue weighted by Gasteiger charge is 2.46. The molecule has 2 heterocycles. The Hall–Kier alpha value is -0.120. The number of ether oxygens (including phenoxy) is 1. The SMILES string of the molecule is CCOC1[C@H]2C[C@H]1CN(CCCN)C2. The Kier molecular flexibility index (Phi) is 3.42. The van der Waals surface area contributed by atoms with Gasteiger partial charge < -0.3 is 15.4 Å².